The van der Waals surface area contributed by atoms with Crippen molar-refractivity contribution in [1.29, 1.82) is 0 Å². The Morgan fingerprint density at radius 2 is 1.52 bits per heavy atom. The van der Waals surface area contributed by atoms with E-state index in [0.717, 1.165) is 36.8 Å². The van der Waals surface area contributed by atoms with E-state index < -0.39 is 17.9 Å². The lowest BCUT2D eigenvalue weighted by Gasteiger charge is -2.36. The zero-order chi connectivity index (χ0) is 23.5. The van der Waals surface area contributed by atoms with Crippen LogP contribution in [0.3, 0.4) is 0 Å². The van der Waals surface area contributed by atoms with Crippen LogP contribution in [-0.4, -0.2) is 72.8 Å². The number of piperazine rings is 1. The zero-order valence-electron chi connectivity index (χ0n) is 19.0. The highest BCUT2D eigenvalue weighted by Gasteiger charge is 2.43. The molecule has 0 saturated carbocycles. The van der Waals surface area contributed by atoms with E-state index in [9.17, 15) is 18.8 Å². The first-order valence-corrected chi connectivity index (χ1v) is 11.3. The fourth-order valence-corrected chi connectivity index (χ4v) is 4.50. The van der Waals surface area contributed by atoms with E-state index in [2.05, 4.69) is 15.1 Å². The molecule has 4 rings (SSSR count). The highest BCUT2D eigenvalue weighted by Crippen LogP contribution is 2.27. The van der Waals surface area contributed by atoms with Gasteiger partial charge < -0.3 is 10.2 Å². The largest absolute Gasteiger partial charge is 0.369 e. The highest BCUT2D eigenvalue weighted by molar-refractivity contribution is 6.22. The fourth-order valence-electron chi connectivity index (χ4n) is 4.50. The Labute approximate surface area is 193 Å². The molecule has 0 aromatic heterocycles. The molecule has 3 amide bonds. The Hall–Kier alpha value is -3.26. The highest BCUT2D eigenvalue weighted by atomic mass is 19.1. The molecule has 2 heterocycles. The standard InChI is InChI=1S/C25H29FN4O3/c1-17(2)22(30-24(32)20-5-3-4-6-21(20)25(30)33)23(31)27-11-12-28-13-15-29(16-14-28)19-9-7-18(26)8-10-19/h3-10,17,22H,11-16H2,1-2H3,(H,27,31). The number of carbonyl (C=O) groups is 3. The van der Waals surface area contributed by atoms with E-state index in [1.54, 1.807) is 36.4 Å². The molecule has 2 aromatic carbocycles. The molecule has 0 spiro atoms. The summed E-state index contributed by atoms with van der Waals surface area (Å²) >= 11 is 0. The van der Waals surface area contributed by atoms with Crippen LogP contribution in [0.15, 0.2) is 48.5 Å². The van der Waals surface area contributed by atoms with Gasteiger partial charge in [0.15, 0.2) is 0 Å². The Morgan fingerprint density at radius 3 is 2.06 bits per heavy atom. The van der Waals surface area contributed by atoms with Gasteiger partial charge in [0.1, 0.15) is 11.9 Å². The Balaban J connectivity index is 1.29. The van der Waals surface area contributed by atoms with Gasteiger partial charge in [-0.05, 0) is 42.3 Å². The smallest absolute Gasteiger partial charge is 0.262 e. The molecular formula is C25H29FN4O3. The predicted molar refractivity (Wildman–Crippen MR) is 124 cm³/mol. The molecule has 1 atom stereocenters. The van der Waals surface area contributed by atoms with E-state index in [1.165, 1.54) is 12.1 Å². The number of fused-ring (bicyclic) bond motifs is 1. The summed E-state index contributed by atoms with van der Waals surface area (Å²) in [6.07, 6.45) is 0. The van der Waals surface area contributed by atoms with Crippen molar-refractivity contribution in [1.82, 2.24) is 15.1 Å². The van der Waals surface area contributed by atoms with Crippen LogP contribution < -0.4 is 10.2 Å². The van der Waals surface area contributed by atoms with E-state index in [4.69, 9.17) is 0 Å². The fraction of sp³-hybridized carbons (Fsp3) is 0.400. The summed E-state index contributed by atoms with van der Waals surface area (Å²) in [5.74, 6) is -1.60. The summed E-state index contributed by atoms with van der Waals surface area (Å²) in [6.45, 7) is 8.09. The summed E-state index contributed by atoms with van der Waals surface area (Å²) in [4.78, 5) is 44.3. The monoisotopic (exact) mass is 452 g/mol. The third-order valence-electron chi connectivity index (χ3n) is 6.30. The minimum atomic E-state index is -0.854. The van der Waals surface area contributed by atoms with E-state index in [-0.39, 0.29) is 17.6 Å². The maximum Gasteiger partial charge on any atom is 0.262 e. The molecule has 0 aliphatic carbocycles. The number of imide groups is 1. The average Bonchev–Trinajstić information content (AvgIpc) is 3.05. The van der Waals surface area contributed by atoms with Crippen molar-refractivity contribution in [2.75, 3.05) is 44.2 Å². The molecule has 0 radical (unpaired) electrons. The maximum atomic E-state index is 13.1. The SMILES string of the molecule is CC(C)C(C(=O)NCCN1CCN(c2ccc(F)cc2)CC1)N1C(=O)c2ccccc2C1=O. The Morgan fingerprint density at radius 1 is 0.939 bits per heavy atom. The van der Waals surface area contributed by atoms with Gasteiger partial charge in [0.2, 0.25) is 5.91 Å². The van der Waals surface area contributed by atoms with E-state index >= 15 is 0 Å². The third kappa shape index (κ3) is 4.75. The van der Waals surface area contributed by atoms with Gasteiger partial charge in [0.05, 0.1) is 11.1 Å². The van der Waals surface area contributed by atoms with Gasteiger partial charge in [-0.15, -0.1) is 0 Å². The number of nitrogens with one attached hydrogen (secondary N) is 1. The number of rotatable bonds is 7. The van der Waals surface area contributed by atoms with Gasteiger partial charge in [0, 0.05) is 45.0 Å². The molecule has 1 unspecified atom stereocenters. The average molecular weight is 453 g/mol. The molecule has 2 aliphatic rings. The van der Waals surface area contributed by atoms with Crippen molar-refractivity contribution in [3.63, 3.8) is 0 Å². The van der Waals surface area contributed by atoms with Crippen LogP contribution in [0.2, 0.25) is 0 Å². The quantitative estimate of drug-likeness (QED) is 0.653. The molecule has 8 heteroatoms. The second kappa shape index (κ2) is 9.70. The van der Waals surface area contributed by atoms with Crippen LogP contribution >= 0.6 is 0 Å². The Kier molecular flexibility index (Phi) is 6.74. The number of carbonyl (C=O) groups excluding carboxylic acids is 3. The molecule has 33 heavy (non-hydrogen) atoms. The minimum Gasteiger partial charge on any atom is -0.369 e. The molecule has 1 fully saturated rings. The number of halogens is 1. The summed E-state index contributed by atoms with van der Waals surface area (Å²) in [6, 6.07) is 12.3. The molecule has 1 N–H and O–H groups in total. The van der Waals surface area contributed by atoms with Crippen molar-refractivity contribution in [3.05, 3.63) is 65.5 Å². The van der Waals surface area contributed by atoms with Crippen molar-refractivity contribution in [2.45, 2.75) is 19.9 Å². The van der Waals surface area contributed by atoms with Gasteiger partial charge >= 0.3 is 0 Å². The number of benzene rings is 2. The lowest BCUT2D eigenvalue weighted by molar-refractivity contribution is -0.126. The predicted octanol–water partition coefficient (Wildman–Crippen LogP) is 2.38. The maximum absolute atomic E-state index is 13.1. The lowest BCUT2D eigenvalue weighted by atomic mass is 10.0. The summed E-state index contributed by atoms with van der Waals surface area (Å²) < 4.78 is 13.1. The topological polar surface area (TPSA) is 73.0 Å². The van der Waals surface area contributed by atoms with Crippen LogP contribution in [-0.2, 0) is 4.79 Å². The second-order valence-corrected chi connectivity index (χ2v) is 8.81. The number of hydrogen-bond acceptors (Lipinski definition) is 5. The summed E-state index contributed by atoms with van der Waals surface area (Å²) in [7, 11) is 0. The molecular weight excluding hydrogens is 423 g/mol. The van der Waals surface area contributed by atoms with Crippen molar-refractivity contribution < 1.29 is 18.8 Å². The normalized spacial score (nSPS) is 17.5. The van der Waals surface area contributed by atoms with Gasteiger partial charge in [-0.1, -0.05) is 26.0 Å². The van der Waals surface area contributed by atoms with Gasteiger partial charge in [0.25, 0.3) is 11.8 Å². The van der Waals surface area contributed by atoms with Crippen LogP contribution in [0.4, 0.5) is 10.1 Å². The Bertz CT molecular complexity index is 997. The van der Waals surface area contributed by atoms with Crippen LogP contribution in [0.25, 0.3) is 0 Å². The van der Waals surface area contributed by atoms with Crippen molar-refractivity contribution in [2.24, 2.45) is 5.92 Å². The first-order chi connectivity index (χ1) is 15.9. The molecule has 7 nitrogen and oxygen atoms in total. The third-order valence-corrected chi connectivity index (χ3v) is 6.30. The van der Waals surface area contributed by atoms with Crippen LogP contribution in [0.1, 0.15) is 34.6 Å². The van der Waals surface area contributed by atoms with Crippen molar-refractivity contribution >= 4 is 23.4 Å². The number of amides is 3. The van der Waals surface area contributed by atoms with Gasteiger partial charge in [-0.25, -0.2) is 4.39 Å². The van der Waals surface area contributed by atoms with Gasteiger partial charge in [-0.3, -0.25) is 24.2 Å². The molecule has 174 valence electrons. The molecule has 1 saturated heterocycles. The number of hydrogen-bond donors (Lipinski definition) is 1. The second-order valence-electron chi connectivity index (χ2n) is 8.81. The number of anilines is 1. The summed E-state index contributed by atoms with van der Waals surface area (Å²) in [5, 5.41) is 2.92. The molecule has 2 aliphatic heterocycles. The van der Waals surface area contributed by atoms with Gasteiger partial charge in [-0.2, -0.15) is 0 Å². The first kappa shape index (κ1) is 22.9. The zero-order valence-corrected chi connectivity index (χ0v) is 19.0. The van der Waals surface area contributed by atoms with E-state index in [1.807, 2.05) is 13.8 Å². The molecule has 2 aromatic rings. The van der Waals surface area contributed by atoms with Crippen LogP contribution in [0.5, 0.6) is 0 Å². The van der Waals surface area contributed by atoms with E-state index in [0.29, 0.717) is 24.2 Å². The first-order valence-electron chi connectivity index (χ1n) is 11.3. The lowest BCUT2D eigenvalue weighted by Crippen LogP contribution is -2.54. The molecule has 0 bridgehead atoms. The van der Waals surface area contributed by atoms with Crippen LogP contribution in [0, 0.1) is 11.7 Å². The number of nitrogens with zero attached hydrogens (tertiary/aromatic N) is 3. The van der Waals surface area contributed by atoms with Crippen molar-refractivity contribution in [3.8, 4) is 0 Å². The minimum absolute atomic E-state index is 0.216. The summed E-state index contributed by atoms with van der Waals surface area (Å²) in [5.41, 5.74) is 1.70.